The van der Waals surface area contributed by atoms with Gasteiger partial charge in [0.2, 0.25) is 5.60 Å². The van der Waals surface area contributed by atoms with Crippen molar-refractivity contribution in [2.45, 2.75) is 73.8 Å². The summed E-state index contributed by atoms with van der Waals surface area (Å²) in [6, 6.07) is 0. The van der Waals surface area contributed by atoms with E-state index in [1.807, 2.05) is 0 Å². The zero-order valence-electron chi connectivity index (χ0n) is 12.8. The number of rotatable bonds is 1. The summed E-state index contributed by atoms with van der Waals surface area (Å²) in [6.07, 6.45) is -19.0. The molecule has 1 aliphatic heterocycles. The van der Waals surface area contributed by atoms with Crippen molar-refractivity contribution in [3.63, 3.8) is 0 Å². The predicted molar refractivity (Wildman–Crippen MR) is 63.4 cm³/mol. The van der Waals surface area contributed by atoms with Crippen LogP contribution in [-0.2, 0) is 4.74 Å². The van der Waals surface area contributed by atoms with E-state index >= 15 is 0 Å². The van der Waals surface area contributed by atoms with Crippen molar-refractivity contribution in [3.05, 3.63) is 0 Å². The number of ether oxygens (including phenoxy) is 1. The zero-order chi connectivity index (χ0) is 20.4. The molecule has 0 spiro atoms. The first-order chi connectivity index (χ1) is 11.5. The quantitative estimate of drug-likeness (QED) is 0.650. The van der Waals surface area contributed by atoms with Gasteiger partial charge in [0, 0.05) is 5.92 Å². The molecule has 3 nitrogen and oxygen atoms in total. The highest BCUT2D eigenvalue weighted by molar-refractivity contribution is 5.19. The first-order valence-electron chi connectivity index (χ1n) is 7.46. The number of aliphatic hydroxyl groups is 2. The van der Waals surface area contributed by atoms with Crippen molar-refractivity contribution < 1.29 is 58.9 Å². The fourth-order valence-electron chi connectivity index (χ4n) is 3.57. The Bertz CT molecular complexity index is 539. The Kier molecular flexibility index (Phi) is 4.82. The van der Waals surface area contributed by atoms with Crippen LogP contribution in [0, 0.1) is 5.92 Å². The molecular weight excluding hydrogens is 394 g/mol. The Balaban J connectivity index is 2.77. The second-order valence-corrected chi connectivity index (χ2v) is 6.46. The lowest BCUT2D eigenvalue weighted by Gasteiger charge is -2.57. The van der Waals surface area contributed by atoms with Gasteiger partial charge in [0.1, 0.15) is 0 Å². The van der Waals surface area contributed by atoms with Crippen LogP contribution in [0.1, 0.15) is 32.1 Å². The molecule has 0 aromatic carbocycles. The minimum Gasteiger partial charge on any atom is -0.381 e. The summed E-state index contributed by atoms with van der Waals surface area (Å²) >= 11 is 0. The molecule has 1 saturated carbocycles. The molecule has 0 aromatic rings. The van der Waals surface area contributed by atoms with Crippen molar-refractivity contribution in [1.82, 2.24) is 0 Å². The van der Waals surface area contributed by atoms with Gasteiger partial charge in [-0.1, -0.05) is 19.3 Å². The lowest BCUT2D eigenvalue weighted by Crippen LogP contribution is -2.84. The van der Waals surface area contributed by atoms with Crippen molar-refractivity contribution in [2.75, 3.05) is 0 Å². The fraction of sp³-hybridized carbons (Fsp3) is 1.00. The highest BCUT2D eigenvalue weighted by Gasteiger charge is 2.91. The number of hydrogen-bond acceptors (Lipinski definition) is 3. The highest BCUT2D eigenvalue weighted by atomic mass is 19.4. The molecule has 2 rings (SSSR count). The van der Waals surface area contributed by atoms with Gasteiger partial charge >= 0.3 is 30.0 Å². The van der Waals surface area contributed by atoms with Crippen LogP contribution in [0.5, 0.6) is 0 Å². The van der Waals surface area contributed by atoms with E-state index in [4.69, 9.17) is 5.11 Å². The molecule has 3 atom stereocenters. The number of hydrogen-bond donors (Lipinski definition) is 2. The van der Waals surface area contributed by atoms with Gasteiger partial charge in [0.15, 0.2) is 6.10 Å². The molecule has 0 aromatic heterocycles. The Morgan fingerprint density at radius 2 is 1.23 bits per heavy atom. The van der Waals surface area contributed by atoms with Crippen LogP contribution in [0.25, 0.3) is 0 Å². The molecule has 2 fully saturated rings. The molecule has 0 radical (unpaired) electrons. The van der Waals surface area contributed by atoms with E-state index in [2.05, 4.69) is 4.74 Å². The maximum absolute atomic E-state index is 14.4. The molecule has 3 unspecified atom stereocenters. The molecule has 2 aliphatic rings. The first-order valence-corrected chi connectivity index (χ1v) is 7.46. The van der Waals surface area contributed by atoms with Gasteiger partial charge < -0.3 is 14.9 Å². The van der Waals surface area contributed by atoms with Crippen LogP contribution in [0.15, 0.2) is 0 Å². The summed E-state index contributed by atoms with van der Waals surface area (Å²) in [6.45, 7) is 0. The molecular formula is C13H14F10O3. The second kappa shape index (κ2) is 5.84. The highest BCUT2D eigenvalue weighted by Crippen LogP contribution is 2.64. The molecule has 1 saturated heterocycles. The summed E-state index contributed by atoms with van der Waals surface area (Å²) in [7, 11) is 0. The SMILES string of the molecule is OC1C(F)(F)C(O)(C(F)(F)F)OC(C2CCCCC2)(C(F)(F)F)C1(F)F. The van der Waals surface area contributed by atoms with Gasteiger partial charge in [0.25, 0.3) is 0 Å². The summed E-state index contributed by atoms with van der Waals surface area (Å²) in [4.78, 5) is 0. The normalized spacial score (nSPS) is 39.0. The summed E-state index contributed by atoms with van der Waals surface area (Å²) in [5, 5.41) is 18.4. The number of alkyl halides is 10. The summed E-state index contributed by atoms with van der Waals surface area (Å²) in [5.41, 5.74) is -5.13. The van der Waals surface area contributed by atoms with E-state index in [0.29, 0.717) is 0 Å². The van der Waals surface area contributed by atoms with Gasteiger partial charge in [-0.15, -0.1) is 0 Å². The Hall–Kier alpha value is -0.820. The van der Waals surface area contributed by atoms with E-state index in [-0.39, 0.29) is 19.3 Å². The molecule has 154 valence electrons. The molecule has 26 heavy (non-hydrogen) atoms. The molecule has 1 heterocycles. The van der Waals surface area contributed by atoms with Gasteiger partial charge in [-0.2, -0.15) is 43.9 Å². The monoisotopic (exact) mass is 408 g/mol. The van der Waals surface area contributed by atoms with Crippen LogP contribution >= 0.6 is 0 Å². The third-order valence-electron chi connectivity index (χ3n) is 4.93. The van der Waals surface area contributed by atoms with Crippen molar-refractivity contribution in [2.24, 2.45) is 5.92 Å². The first kappa shape index (κ1) is 21.5. The topological polar surface area (TPSA) is 49.7 Å². The van der Waals surface area contributed by atoms with E-state index in [9.17, 15) is 49.0 Å². The van der Waals surface area contributed by atoms with Crippen LogP contribution in [-0.4, -0.2) is 51.9 Å². The standard InChI is InChI=1S/C13H14F10O3/c14-9(15)7(24)10(16,17)11(25,13(21,22)23)26-8(9,12(18,19)20)6-4-2-1-3-5-6/h6-7,24-25H,1-5H2. The van der Waals surface area contributed by atoms with Crippen LogP contribution in [0.2, 0.25) is 0 Å². The predicted octanol–water partition coefficient (Wildman–Crippen LogP) is 3.78. The Morgan fingerprint density at radius 1 is 0.769 bits per heavy atom. The average molecular weight is 408 g/mol. The van der Waals surface area contributed by atoms with Crippen LogP contribution < -0.4 is 0 Å². The lowest BCUT2D eigenvalue weighted by molar-refractivity contribution is -0.548. The van der Waals surface area contributed by atoms with Crippen molar-refractivity contribution in [1.29, 1.82) is 0 Å². The number of halogens is 10. The Labute approximate surface area is 139 Å². The van der Waals surface area contributed by atoms with Gasteiger partial charge in [-0.05, 0) is 12.8 Å². The van der Waals surface area contributed by atoms with Gasteiger partial charge in [-0.25, -0.2) is 0 Å². The Morgan fingerprint density at radius 3 is 1.62 bits per heavy atom. The van der Waals surface area contributed by atoms with E-state index in [1.165, 1.54) is 0 Å². The number of aliphatic hydroxyl groups excluding tert-OH is 1. The van der Waals surface area contributed by atoms with E-state index in [0.717, 1.165) is 0 Å². The maximum atomic E-state index is 14.4. The fourth-order valence-corrected chi connectivity index (χ4v) is 3.57. The molecule has 1 aliphatic carbocycles. The largest absolute Gasteiger partial charge is 0.449 e. The van der Waals surface area contributed by atoms with Crippen molar-refractivity contribution >= 4 is 0 Å². The minimum atomic E-state index is -6.60. The summed E-state index contributed by atoms with van der Waals surface area (Å²) < 4.78 is 139. The van der Waals surface area contributed by atoms with Crippen LogP contribution in [0.3, 0.4) is 0 Å². The van der Waals surface area contributed by atoms with Crippen LogP contribution in [0.4, 0.5) is 43.9 Å². The van der Waals surface area contributed by atoms with Crippen molar-refractivity contribution in [3.8, 4) is 0 Å². The molecule has 0 amide bonds. The molecule has 13 heteroatoms. The van der Waals surface area contributed by atoms with Gasteiger partial charge in [-0.3, -0.25) is 0 Å². The average Bonchev–Trinajstić information content (AvgIpc) is 2.48. The van der Waals surface area contributed by atoms with E-state index in [1.54, 1.807) is 0 Å². The zero-order valence-corrected chi connectivity index (χ0v) is 12.8. The molecule has 2 N–H and O–H groups in total. The smallest absolute Gasteiger partial charge is 0.381 e. The third-order valence-corrected chi connectivity index (χ3v) is 4.93. The summed E-state index contributed by atoms with van der Waals surface area (Å²) in [5.74, 6) is -20.3. The maximum Gasteiger partial charge on any atom is 0.449 e. The van der Waals surface area contributed by atoms with Gasteiger partial charge in [0.05, 0.1) is 0 Å². The lowest BCUT2D eigenvalue weighted by atomic mass is 9.68. The minimum absolute atomic E-state index is 0.0983. The third kappa shape index (κ3) is 2.53. The molecule has 0 bridgehead atoms. The van der Waals surface area contributed by atoms with E-state index < -0.39 is 60.4 Å². The second-order valence-electron chi connectivity index (χ2n) is 6.46.